The maximum Gasteiger partial charge on any atom is 0.433 e. The zero-order valence-electron chi connectivity index (χ0n) is 23.3. The van der Waals surface area contributed by atoms with Crippen molar-refractivity contribution in [1.29, 1.82) is 0 Å². The van der Waals surface area contributed by atoms with Crippen molar-refractivity contribution in [2.75, 3.05) is 5.32 Å². The van der Waals surface area contributed by atoms with Crippen LogP contribution >= 0.6 is 15.9 Å². The lowest BCUT2D eigenvalue weighted by Crippen LogP contribution is -2.24. The van der Waals surface area contributed by atoms with Gasteiger partial charge in [-0.2, -0.15) is 18.3 Å². The number of fused-ring (bicyclic) bond motifs is 1. The maximum atomic E-state index is 13.6. The molecule has 0 aliphatic rings. The summed E-state index contributed by atoms with van der Waals surface area (Å²) in [5.74, 6) is -0.774. The Balaban J connectivity index is 1.29. The van der Waals surface area contributed by atoms with E-state index < -0.39 is 17.8 Å². The van der Waals surface area contributed by atoms with E-state index in [2.05, 4.69) is 36.6 Å². The molecular weight excluding hydrogens is 623 g/mol. The SMILES string of the molecule is Cc1nn(Cc2ccc(CC(=O)NCc3ccccc3)cc2)c(C)c1NC(=O)c1cc(C(F)(F)F)nc2ccc(Br)cc12. The Kier molecular flexibility index (Phi) is 8.63. The molecule has 5 rings (SSSR count). The highest BCUT2D eigenvalue weighted by molar-refractivity contribution is 9.10. The normalized spacial score (nSPS) is 11.5. The fraction of sp³-hybridized carbons (Fsp3) is 0.188. The number of amides is 2. The van der Waals surface area contributed by atoms with Crippen LogP contribution in [0, 0.1) is 13.8 Å². The largest absolute Gasteiger partial charge is 0.433 e. The van der Waals surface area contributed by atoms with E-state index in [1.54, 1.807) is 30.7 Å². The summed E-state index contributed by atoms with van der Waals surface area (Å²) in [6.07, 6.45) is -4.46. The van der Waals surface area contributed by atoms with Gasteiger partial charge >= 0.3 is 6.18 Å². The molecule has 0 unspecified atom stereocenters. The molecule has 0 aliphatic carbocycles. The molecule has 0 aliphatic heterocycles. The molecule has 5 aromatic rings. The fourth-order valence-corrected chi connectivity index (χ4v) is 5.08. The second kappa shape index (κ2) is 12.4. The highest BCUT2D eigenvalue weighted by Crippen LogP contribution is 2.32. The van der Waals surface area contributed by atoms with Crippen LogP contribution in [-0.4, -0.2) is 26.6 Å². The Morgan fingerprint density at radius 2 is 1.60 bits per heavy atom. The Bertz CT molecular complexity index is 1800. The molecule has 0 saturated heterocycles. The van der Waals surface area contributed by atoms with Crippen molar-refractivity contribution in [3.05, 3.63) is 123 Å². The van der Waals surface area contributed by atoms with Gasteiger partial charge in [-0.05, 0) is 54.8 Å². The second-order valence-corrected chi connectivity index (χ2v) is 11.0. The van der Waals surface area contributed by atoms with Crippen molar-refractivity contribution in [1.82, 2.24) is 20.1 Å². The first-order valence-electron chi connectivity index (χ1n) is 13.4. The third kappa shape index (κ3) is 7.11. The zero-order chi connectivity index (χ0) is 30.7. The molecule has 0 spiro atoms. The highest BCUT2D eigenvalue weighted by Gasteiger charge is 2.34. The summed E-state index contributed by atoms with van der Waals surface area (Å²) >= 11 is 3.32. The molecule has 0 atom stereocenters. The van der Waals surface area contributed by atoms with Crippen LogP contribution in [0.5, 0.6) is 0 Å². The summed E-state index contributed by atoms with van der Waals surface area (Å²) < 4.78 is 43.0. The minimum absolute atomic E-state index is 0.0597. The number of nitrogens with one attached hydrogen (secondary N) is 2. The molecule has 0 saturated carbocycles. The first-order chi connectivity index (χ1) is 20.5. The van der Waals surface area contributed by atoms with Crippen LogP contribution in [0.3, 0.4) is 0 Å². The van der Waals surface area contributed by atoms with Crippen LogP contribution in [0.25, 0.3) is 10.9 Å². The number of carbonyl (C=O) groups is 2. The minimum atomic E-state index is -4.71. The molecule has 7 nitrogen and oxygen atoms in total. The summed E-state index contributed by atoms with van der Waals surface area (Å²) in [6, 6.07) is 22.6. The zero-order valence-corrected chi connectivity index (χ0v) is 24.9. The van der Waals surface area contributed by atoms with E-state index in [9.17, 15) is 22.8 Å². The molecule has 2 N–H and O–H groups in total. The third-order valence-corrected chi connectivity index (χ3v) is 7.47. The number of alkyl halides is 3. The number of hydrogen-bond acceptors (Lipinski definition) is 4. The first kappa shape index (κ1) is 30.0. The van der Waals surface area contributed by atoms with Crippen LogP contribution in [0.4, 0.5) is 18.9 Å². The quantitative estimate of drug-likeness (QED) is 0.190. The van der Waals surface area contributed by atoms with Crippen molar-refractivity contribution in [2.45, 2.75) is 39.5 Å². The molecule has 220 valence electrons. The number of aryl methyl sites for hydroxylation is 1. The van der Waals surface area contributed by atoms with E-state index in [-0.39, 0.29) is 28.8 Å². The van der Waals surface area contributed by atoms with Crippen LogP contribution in [0.1, 0.15) is 44.1 Å². The van der Waals surface area contributed by atoms with E-state index in [1.807, 2.05) is 54.6 Å². The molecule has 0 radical (unpaired) electrons. The van der Waals surface area contributed by atoms with Gasteiger partial charge in [-0.1, -0.05) is 70.5 Å². The number of benzene rings is 3. The standard InChI is InChI=1S/C32H27BrF3N5O2/c1-19-30(39-31(43)26-16-28(32(34,35)36)38-27-13-12-24(33)15-25(26)27)20(2)41(40-19)18-23-10-8-21(9-11-23)14-29(42)37-17-22-6-4-3-5-7-22/h3-13,15-16H,14,17-18H2,1-2H3,(H,37,42)(H,39,43). The summed E-state index contributed by atoms with van der Waals surface area (Å²) in [5, 5.41) is 10.5. The summed E-state index contributed by atoms with van der Waals surface area (Å²) in [6.45, 7) is 4.36. The smallest absolute Gasteiger partial charge is 0.352 e. The molecule has 43 heavy (non-hydrogen) atoms. The van der Waals surface area contributed by atoms with Gasteiger partial charge in [0.05, 0.1) is 41.1 Å². The van der Waals surface area contributed by atoms with E-state index in [1.165, 1.54) is 6.07 Å². The van der Waals surface area contributed by atoms with E-state index in [4.69, 9.17) is 0 Å². The molecule has 0 bridgehead atoms. The number of halogens is 4. The van der Waals surface area contributed by atoms with E-state index in [0.29, 0.717) is 34.6 Å². The third-order valence-electron chi connectivity index (χ3n) is 6.98. The predicted octanol–water partition coefficient (Wildman–Crippen LogP) is 6.99. The van der Waals surface area contributed by atoms with Crippen molar-refractivity contribution >= 4 is 44.3 Å². The van der Waals surface area contributed by atoms with Gasteiger partial charge in [-0.15, -0.1) is 0 Å². The lowest BCUT2D eigenvalue weighted by atomic mass is 10.1. The van der Waals surface area contributed by atoms with Gasteiger partial charge in [0.15, 0.2) is 0 Å². The summed E-state index contributed by atoms with van der Waals surface area (Å²) in [7, 11) is 0. The average molecular weight is 650 g/mol. The van der Waals surface area contributed by atoms with Crippen molar-refractivity contribution in [2.24, 2.45) is 0 Å². The lowest BCUT2D eigenvalue weighted by molar-refractivity contribution is -0.141. The number of aromatic nitrogens is 3. The Hall–Kier alpha value is -4.51. The molecule has 2 aromatic heterocycles. The Morgan fingerprint density at radius 1 is 0.907 bits per heavy atom. The van der Waals surface area contributed by atoms with Gasteiger partial charge in [0.1, 0.15) is 5.69 Å². The van der Waals surface area contributed by atoms with Gasteiger partial charge in [0.2, 0.25) is 5.91 Å². The van der Waals surface area contributed by atoms with Gasteiger partial charge in [-0.25, -0.2) is 4.98 Å². The van der Waals surface area contributed by atoms with Crippen molar-refractivity contribution in [3.63, 3.8) is 0 Å². The predicted molar refractivity (Wildman–Crippen MR) is 162 cm³/mol. The number of anilines is 1. The van der Waals surface area contributed by atoms with Crippen LogP contribution < -0.4 is 10.6 Å². The molecule has 0 fully saturated rings. The fourth-order valence-electron chi connectivity index (χ4n) is 4.72. The van der Waals surface area contributed by atoms with Crippen molar-refractivity contribution in [3.8, 4) is 0 Å². The molecule has 3 aromatic carbocycles. The van der Waals surface area contributed by atoms with E-state index >= 15 is 0 Å². The average Bonchev–Trinajstić information content (AvgIpc) is 3.23. The maximum absolute atomic E-state index is 13.6. The number of hydrogen-bond donors (Lipinski definition) is 2. The first-order valence-corrected chi connectivity index (χ1v) is 14.2. The summed E-state index contributed by atoms with van der Waals surface area (Å²) in [5.41, 5.74) is 3.18. The van der Waals surface area contributed by atoms with E-state index in [0.717, 1.165) is 22.8 Å². The number of nitrogens with zero attached hydrogens (tertiary/aromatic N) is 3. The lowest BCUT2D eigenvalue weighted by Gasteiger charge is -2.13. The number of rotatable bonds is 8. The Labute approximate surface area is 254 Å². The summed E-state index contributed by atoms with van der Waals surface area (Å²) in [4.78, 5) is 29.4. The van der Waals surface area contributed by atoms with Gasteiger partial charge in [0, 0.05) is 16.4 Å². The highest BCUT2D eigenvalue weighted by atomic mass is 79.9. The number of pyridine rings is 1. The van der Waals surface area contributed by atoms with Gasteiger partial charge in [0.25, 0.3) is 5.91 Å². The monoisotopic (exact) mass is 649 g/mol. The molecule has 2 heterocycles. The van der Waals surface area contributed by atoms with Crippen LogP contribution in [-0.2, 0) is 30.5 Å². The second-order valence-electron chi connectivity index (χ2n) is 10.1. The molecule has 2 amide bonds. The minimum Gasteiger partial charge on any atom is -0.352 e. The number of carbonyl (C=O) groups excluding carboxylic acids is 2. The molecular formula is C32H27BrF3N5O2. The van der Waals surface area contributed by atoms with Gasteiger partial charge in [-0.3, -0.25) is 14.3 Å². The van der Waals surface area contributed by atoms with Crippen LogP contribution in [0.2, 0.25) is 0 Å². The molecule has 11 heteroatoms. The van der Waals surface area contributed by atoms with Gasteiger partial charge < -0.3 is 10.6 Å². The Morgan fingerprint density at radius 3 is 2.30 bits per heavy atom. The van der Waals surface area contributed by atoms with Crippen molar-refractivity contribution < 1.29 is 22.8 Å². The van der Waals surface area contributed by atoms with Crippen LogP contribution in [0.15, 0.2) is 83.3 Å². The topological polar surface area (TPSA) is 88.9 Å².